The molecule has 0 spiro atoms. The highest BCUT2D eigenvalue weighted by Crippen LogP contribution is 2.73. The van der Waals surface area contributed by atoms with Crippen molar-refractivity contribution in [3.63, 3.8) is 0 Å². The number of nitrogens with zero attached hydrogens (tertiary/aromatic N) is 1. The van der Waals surface area contributed by atoms with Gasteiger partial charge in [-0.15, -0.1) is 0 Å². The topological polar surface area (TPSA) is 75.7 Å². The van der Waals surface area contributed by atoms with E-state index in [1.54, 1.807) is 0 Å². The van der Waals surface area contributed by atoms with Crippen molar-refractivity contribution in [2.45, 2.75) is 97.9 Å². The van der Waals surface area contributed by atoms with Crippen molar-refractivity contribution >= 4 is 21.4 Å². The third-order valence-corrected chi connectivity index (χ3v) is 17.4. The number of benzene rings is 1. The summed E-state index contributed by atoms with van der Waals surface area (Å²) in [5.74, 6) is 4.42. The van der Waals surface area contributed by atoms with Crippen molar-refractivity contribution in [2.24, 2.45) is 51.8 Å². The Kier molecular flexibility index (Phi) is 9.13. The molecule has 9 unspecified atom stereocenters. The summed E-state index contributed by atoms with van der Waals surface area (Å²) < 4.78 is 29.0. The van der Waals surface area contributed by atoms with Gasteiger partial charge in [-0.05, 0) is 140 Å². The van der Waals surface area contributed by atoms with Crippen LogP contribution in [-0.2, 0) is 14.6 Å². The summed E-state index contributed by atoms with van der Waals surface area (Å²) in [6, 6.07) is 8.09. The summed E-state index contributed by atoms with van der Waals surface area (Å²) in [6.07, 6.45) is 14.0. The summed E-state index contributed by atoms with van der Waals surface area (Å²) in [6.45, 7) is 20.4. The van der Waals surface area contributed by atoms with Crippen LogP contribution >= 0.6 is 0 Å². The Bertz CT molecular complexity index is 1580. The molecule has 0 amide bonds. The van der Waals surface area contributed by atoms with E-state index in [4.69, 9.17) is 4.74 Å². The molecule has 7 heteroatoms. The van der Waals surface area contributed by atoms with E-state index in [0.717, 1.165) is 37.3 Å². The summed E-state index contributed by atoms with van der Waals surface area (Å²) in [4.78, 5) is 14.5. The van der Waals surface area contributed by atoms with Crippen LogP contribution in [0, 0.1) is 51.8 Å². The van der Waals surface area contributed by atoms with Crippen LogP contribution < -0.4 is 5.32 Å². The largest absolute Gasteiger partial charge is 0.465 e. The lowest BCUT2D eigenvalue weighted by molar-refractivity contribution is -0.175. The number of allylic oxidation sites excluding steroid dienone is 3. The van der Waals surface area contributed by atoms with Gasteiger partial charge < -0.3 is 15.0 Å². The SMILES string of the molecule is C=C(C)C1CCC2(NCCN3CCS(=O)(=O)CC3)CCC3C(CCC4C3(C)CCC3C(C)(C)C(c5ccc(C(=O)OC)cc5)=CCC34C)C12. The fraction of sp³-hybridized carbons (Fsp3) is 0.738. The third-order valence-electron chi connectivity index (χ3n) is 15.8. The van der Waals surface area contributed by atoms with Crippen LogP contribution in [0.15, 0.2) is 42.5 Å². The Morgan fingerprint density at radius 2 is 1.63 bits per heavy atom. The number of methoxy groups -OCH3 is 1. The number of carbonyl (C=O) groups excluding carboxylic acids is 1. The van der Waals surface area contributed by atoms with E-state index < -0.39 is 9.84 Å². The molecule has 5 fully saturated rings. The van der Waals surface area contributed by atoms with Crippen LogP contribution in [0.5, 0.6) is 0 Å². The maximum Gasteiger partial charge on any atom is 0.337 e. The zero-order valence-corrected chi connectivity index (χ0v) is 32.0. The molecule has 4 saturated carbocycles. The lowest BCUT2D eigenvalue weighted by Gasteiger charge is -2.68. The first-order valence-corrected chi connectivity index (χ1v) is 21.2. The molecule has 1 aliphatic heterocycles. The van der Waals surface area contributed by atoms with Crippen molar-refractivity contribution in [3.8, 4) is 0 Å². The molecule has 9 atom stereocenters. The molecule has 0 radical (unpaired) electrons. The molecular weight excluding hydrogens is 629 g/mol. The van der Waals surface area contributed by atoms with Gasteiger partial charge in [0, 0.05) is 31.7 Å². The smallest absolute Gasteiger partial charge is 0.337 e. The average molecular weight is 691 g/mol. The minimum Gasteiger partial charge on any atom is -0.465 e. The predicted molar refractivity (Wildman–Crippen MR) is 199 cm³/mol. The number of hydrogen-bond donors (Lipinski definition) is 1. The molecule has 1 saturated heterocycles. The van der Waals surface area contributed by atoms with Gasteiger partial charge >= 0.3 is 5.97 Å². The highest BCUT2D eigenvalue weighted by Gasteiger charge is 2.66. The summed E-state index contributed by atoms with van der Waals surface area (Å²) >= 11 is 0. The van der Waals surface area contributed by atoms with Crippen LogP contribution in [0.4, 0.5) is 0 Å². The highest BCUT2D eigenvalue weighted by molar-refractivity contribution is 7.91. The van der Waals surface area contributed by atoms with E-state index in [0.29, 0.717) is 53.3 Å². The normalized spacial score (nSPS) is 41.0. The zero-order valence-electron chi connectivity index (χ0n) is 31.2. The van der Waals surface area contributed by atoms with Gasteiger partial charge in [0.2, 0.25) is 0 Å². The van der Waals surface area contributed by atoms with Crippen LogP contribution in [0.2, 0.25) is 0 Å². The van der Waals surface area contributed by atoms with Crippen molar-refractivity contribution in [3.05, 3.63) is 53.6 Å². The van der Waals surface area contributed by atoms with Gasteiger partial charge in [0.25, 0.3) is 0 Å². The number of hydrogen-bond acceptors (Lipinski definition) is 6. The number of nitrogens with one attached hydrogen (secondary N) is 1. The van der Waals surface area contributed by atoms with Gasteiger partial charge in [0.1, 0.15) is 0 Å². The quantitative estimate of drug-likeness (QED) is 0.233. The van der Waals surface area contributed by atoms with Crippen molar-refractivity contribution in [1.82, 2.24) is 10.2 Å². The first kappa shape index (κ1) is 35.4. The third kappa shape index (κ3) is 5.80. The fourth-order valence-electron chi connectivity index (χ4n) is 13.6. The Morgan fingerprint density at radius 1 is 0.939 bits per heavy atom. The minimum atomic E-state index is -2.85. The van der Waals surface area contributed by atoms with Crippen molar-refractivity contribution in [1.29, 1.82) is 0 Å². The fourth-order valence-corrected chi connectivity index (χ4v) is 14.8. The van der Waals surface area contributed by atoms with Crippen molar-refractivity contribution < 1.29 is 17.9 Å². The Morgan fingerprint density at radius 3 is 2.31 bits per heavy atom. The summed E-state index contributed by atoms with van der Waals surface area (Å²) in [5.41, 5.74) is 5.54. The van der Waals surface area contributed by atoms with E-state index in [1.807, 2.05) is 12.1 Å². The standard InChI is InChI=1S/C42H62N2O4S/c1-28(2)31-14-20-42(43-22-23-44-24-26-49(46,47)27-25-44)21-16-34-32(37(31)42)12-13-36-40(34,5)19-17-35-39(3,4)33(15-18-41(35,36)6)29-8-10-30(11-9-29)38(45)48-7/h8-11,15,31-32,34-37,43H,1,12-14,16-27H2,2-7H3. The highest BCUT2D eigenvalue weighted by atomic mass is 32.2. The first-order chi connectivity index (χ1) is 23.2. The van der Waals surface area contributed by atoms with Crippen LogP contribution in [0.3, 0.4) is 0 Å². The van der Waals surface area contributed by atoms with E-state index in [9.17, 15) is 13.2 Å². The summed E-state index contributed by atoms with van der Waals surface area (Å²) in [5, 5.41) is 4.20. The molecule has 0 aromatic heterocycles. The molecule has 0 bridgehead atoms. The Hall–Kier alpha value is -1.96. The van der Waals surface area contributed by atoms with Crippen LogP contribution in [0.1, 0.15) is 108 Å². The van der Waals surface area contributed by atoms with E-state index in [2.05, 4.69) is 69.6 Å². The maximum atomic E-state index is 12.1. The molecular formula is C42H62N2O4S. The molecule has 1 N–H and O–H groups in total. The molecule has 49 heavy (non-hydrogen) atoms. The van der Waals surface area contributed by atoms with Gasteiger partial charge in [-0.2, -0.15) is 0 Å². The van der Waals surface area contributed by atoms with Gasteiger partial charge in [0.15, 0.2) is 9.84 Å². The second kappa shape index (κ2) is 12.6. The number of carbonyl (C=O) groups is 1. The van der Waals surface area contributed by atoms with Crippen LogP contribution in [-0.4, -0.2) is 69.6 Å². The molecule has 7 rings (SSSR count). The average Bonchev–Trinajstić information content (AvgIpc) is 3.45. The lowest BCUT2D eigenvalue weighted by atomic mass is 9.36. The van der Waals surface area contributed by atoms with Gasteiger partial charge in [0.05, 0.1) is 24.2 Å². The van der Waals surface area contributed by atoms with Gasteiger partial charge in [-0.3, -0.25) is 0 Å². The minimum absolute atomic E-state index is 0.0542. The maximum absolute atomic E-state index is 12.1. The molecule has 1 heterocycles. The number of sulfone groups is 1. The van der Waals surface area contributed by atoms with E-state index in [-0.39, 0.29) is 22.3 Å². The zero-order chi connectivity index (χ0) is 35.0. The van der Waals surface area contributed by atoms with Crippen LogP contribution in [0.25, 0.3) is 5.57 Å². The molecule has 5 aliphatic carbocycles. The molecule has 1 aromatic carbocycles. The molecule has 6 aliphatic rings. The van der Waals surface area contributed by atoms with E-state index >= 15 is 0 Å². The monoisotopic (exact) mass is 690 g/mol. The number of fused-ring (bicyclic) bond motifs is 7. The summed E-state index contributed by atoms with van der Waals surface area (Å²) in [7, 11) is -1.41. The van der Waals surface area contributed by atoms with Gasteiger partial charge in [-0.25, -0.2) is 13.2 Å². The molecule has 1 aromatic rings. The number of ether oxygens (including phenoxy) is 1. The second-order valence-electron chi connectivity index (χ2n) is 18.2. The first-order valence-electron chi connectivity index (χ1n) is 19.4. The Balaban J connectivity index is 1.11. The van der Waals surface area contributed by atoms with Gasteiger partial charge in [-0.1, -0.05) is 58.1 Å². The van der Waals surface area contributed by atoms with E-state index in [1.165, 1.54) is 75.2 Å². The number of rotatable bonds is 7. The second-order valence-corrected chi connectivity index (χ2v) is 20.6. The lowest BCUT2D eigenvalue weighted by Crippen LogP contribution is -2.64. The number of esters is 1. The molecule has 6 nitrogen and oxygen atoms in total. The predicted octanol–water partition coefficient (Wildman–Crippen LogP) is 7.81. The Labute approximate surface area is 296 Å². The molecule has 270 valence electrons. The van der Waals surface area contributed by atoms with Crippen molar-refractivity contribution in [2.75, 3.05) is 44.8 Å².